The molecule has 0 aromatic heterocycles. The minimum Gasteiger partial charge on any atom is -0.465 e. The molecule has 1 fully saturated rings. The molecule has 2 rings (SSSR count). The molecule has 6 nitrogen and oxygen atoms in total. The van der Waals surface area contributed by atoms with Crippen LogP contribution in [-0.4, -0.2) is 44.8 Å². The average Bonchev–Trinajstić information content (AvgIpc) is 2.49. The van der Waals surface area contributed by atoms with Crippen LogP contribution in [0.1, 0.15) is 16.8 Å². The van der Waals surface area contributed by atoms with Crippen LogP contribution in [0.4, 0.5) is 5.69 Å². The van der Waals surface area contributed by atoms with E-state index in [0.29, 0.717) is 29.5 Å². The van der Waals surface area contributed by atoms with Gasteiger partial charge in [-0.25, -0.2) is 4.79 Å². The highest BCUT2D eigenvalue weighted by atomic mass is 35.5. The van der Waals surface area contributed by atoms with Crippen LogP contribution in [-0.2, 0) is 14.3 Å². The molecule has 2 N–H and O–H groups in total. The first kappa shape index (κ1) is 15.8. The van der Waals surface area contributed by atoms with Crippen molar-refractivity contribution >= 4 is 29.2 Å². The standard InChI is InChI=1S/C14H17ClN2O4/c1-20-14(19)9-2-3-11(15)12(6-9)17-13(18)7-10-8-21-5-4-16-10/h2-3,6,10,16H,4-5,7-8H2,1H3,(H,17,18). The van der Waals surface area contributed by atoms with Crippen LogP contribution in [0.15, 0.2) is 18.2 Å². The molecule has 1 unspecified atom stereocenters. The van der Waals surface area contributed by atoms with Crippen molar-refractivity contribution < 1.29 is 19.1 Å². The van der Waals surface area contributed by atoms with E-state index in [2.05, 4.69) is 15.4 Å². The summed E-state index contributed by atoms with van der Waals surface area (Å²) in [5.41, 5.74) is 0.720. The Kier molecular flexibility index (Phi) is 5.55. The van der Waals surface area contributed by atoms with Gasteiger partial charge in [0.25, 0.3) is 0 Å². The number of ether oxygens (including phenoxy) is 2. The Bertz CT molecular complexity index is 530. The van der Waals surface area contributed by atoms with E-state index in [1.54, 1.807) is 12.1 Å². The van der Waals surface area contributed by atoms with Crippen LogP contribution < -0.4 is 10.6 Å². The molecular weight excluding hydrogens is 296 g/mol. The number of rotatable bonds is 4. The number of hydrogen-bond donors (Lipinski definition) is 2. The van der Waals surface area contributed by atoms with Gasteiger partial charge in [0.1, 0.15) is 0 Å². The number of benzene rings is 1. The summed E-state index contributed by atoms with van der Waals surface area (Å²) in [5.74, 6) is -0.675. The fourth-order valence-corrected chi connectivity index (χ4v) is 2.21. The lowest BCUT2D eigenvalue weighted by molar-refractivity contribution is -0.117. The molecule has 1 atom stereocenters. The predicted molar refractivity (Wildman–Crippen MR) is 78.6 cm³/mol. The number of morpholine rings is 1. The molecule has 0 bridgehead atoms. The third-order valence-corrected chi connectivity index (χ3v) is 3.42. The summed E-state index contributed by atoms with van der Waals surface area (Å²) < 4.78 is 9.93. The Balaban J connectivity index is 2.00. The Morgan fingerprint density at radius 3 is 3.00 bits per heavy atom. The summed E-state index contributed by atoms with van der Waals surface area (Å²) in [4.78, 5) is 23.5. The molecule has 7 heteroatoms. The third-order valence-electron chi connectivity index (χ3n) is 3.09. The van der Waals surface area contributed by atoms with Crippen molar-refractivity contribution in [3.63, 3.8) is 0 Å². The van der Waals surface area contributed by atoms with E-state index in [9.17, 15) is 9.59 Å². The minimum atomic E-state index is -0.482. The quantitative estimate of drug-likeness (QED) is 0.823. The monoisotopic (exact) mass is 312 g/mol. The second kappa shape index (κ2) is 7.40. The van der Waals surface area contributed by atoms with Gasteiger partial charge in [0.15, 0.2) is 0 Å². The third kappa shape index (κ3) is 4.42. The molecule has 1 amide bonds. The molecule has 21 heavy (non-hydrogen) atoms. The number of nitrogens with one attached hydrogen (secondary N) is 2. The van der Waals surface area contributed by atoms with Crippen LogP contribution in [0, 0.1) is 0 Å². The molecule has 1 aromatic rings. The summed E-state index contributed by atoms with van der Waals surface area (Å²) in [6, 6.07) is 4.57. The van der Waals surface area contributed by atoms with Crippen molar-refractivity contribution in [2.45, 2.75) is 12.5 Å². The SMILES string of the molecule is COC(=O)c1ccc(Cl)c(NC(=O)CC2COCCN2)c1. The minimum absolute atomic E-state index is 0.0127. The van der Waals surface area contributed by atoms with Gasteiger partial charge >= 0.3 is 5.97 Å². The molecular formula is C14H17ClN2O4. The normalized spacial score (nSPS) is 18.1. The van der Waals surface area contributed by atoms with Crippen LogP contribution in [0.3, 0.4) is 0 Å². The highest BCUT2D eigenvalue weighted by molar-refractivity contribution is 6.33. The van der Waals surface area contributed by atoms with E-state index in [4.69, 9.17) is 16.3 Å². The molecule has 0 radical (unpaired) electrons. The highest BCUT2D eigenvalue weighted by Gasteiger charge is 2.18. The zero-order valence-corrected chi connectivity index (χ0v) is 12.4. The van der Waals surface area contributed by atoms with E-state index >= 15 is 0 Å². The van der Waals surface area contributed by atoms with Crippen molar-refractivity contribution in [3.05, 3.63) is 28.8 Å². The molecule has 114 valence electrons. The molecule has 0 aliphatic carbocycles. The zero-order chi connectivity index (χ0) is 15.2. The first-order valence-corrected chi connectivity index (χ1v) is 6.97. The van der Waals surface area contributed by atoms with E-state index in [1.165, 1.54) is 13.2 Å². The number of amides is 1. The van der Waals surface area contributed by atoms with Gasteiger partial charge in [-0.05, 0) is 18.2 Å². The number of carbonyl (C=O) groups excluding carboxylic acids is 2. The molecule has 1 heterocycles. The Morgan fingerprint density at radius 1 is 1.52 bits per heavy atom. The van der Waals surface area contributed by atoms with Crippen molar-refractivity contribution in [2.75, 3.05) is 32.2 Å². The van der Waals surface area contributed by atoms with Gasteiger partial charge in [-0.2, -0.15) is 0 Å². The Morgan fingerprint density at radius 2 is 2.33 bits per heavy atom. The fraction of sp³-hybridized carbons (Fsp3) is 0.429. The van der Waals surface area contributed by atoms with Crippen LogP contribution in [0.5, 0.6) is 0 Å². The van der Waals surface area contributed by atoms with Gasteiger partial charge in [0.05, 0.1) is 36.6 Å². The van der Waals surface area contributed by atoms with Crippen LogP contribution >= 0.6 is 11.6 Å². The van der Waals surface area contributed by atoms with Gasteiger partial charge in [0.2, 0.25) is 5.91 Å². The fourth-order valence-electron chi connectivity index (χ4n) is 2.04. The van der Waals surface area contributed by atoms with Crippen LogP contribution in [0.25, 0.3) is 0 Å². The van der Waals surface area contributed by atoms with Crippen molar-refractivity contribution in [3.8, 4) is 0 Å². The van der Waals surface area contributed by atoms with Gasteiger partial charge < -0.3 is 20.1 Å². The van der Waals surface area contributed by atoms with Gasteiger partial charge in [-0.1, -0.05) is 11.6 Å². The van der Waals surface area contributed by atoms with Gasteiger partial charge in [-0.15, -0.1) is 0 Å². The van der Waals surface area contributed by atoms with Crippen LogP contribution in [0.2, 0.25) is 5.02 Å². The summed E-state index contributed by atoms with van der Waals surface area (Å²) >= 11 is 6.02. The maximum absolute atomic E-state index is 12.0. The topological polar surface area (TPSA) is 76.7 Å². The molecule has 1 aliphatic heterocycles. The lowest BCUT2D eigenvalue weighted by Gasteiger charge is -2.23. The zero-order valence-electron chi connectivity index (χ0n) is 11.6. The summed E-state index contributed by atoms with van der Waals surface area (Å²) in [7, 11) is 1.30. The predicted octanol–water partition coefficient (Wildman–Crippen LogP) is 1.44. The number of carbonyl (C=O) groups is 2. The maximum atomic E-state index is 12.0. The first-order chi connectivity index (χ1) is 10.1. The second-order valence-corrected chi connectivity index (χ2v) is 5.07. The van der Waals surface area contributed by atoms with Gasteiger partial charge in [-0.3, -0.25) is 4.79 Å². The molecule has 1 aliphatic rings. The Labute approximate surface area is 127 Å². The number of halogens is 1. The number of esters is 1. The highest BCUT2D eigenvalue weighted by Crippen LogP contribution is 2.23. The van der Waals surface area contributed by atoms with Crippen molar-refractivity contribution in [2.24, 2.45) is 0 Å². The first-order valence-electron chi connectivity index (χ1n) is 6.59. The van der Waals surface area contributed by atoms with E-state index in [-0.39, 0.29) is 18.4 Å². The van der Waals surface area contributed by atoms with Crippen molar-refractivity contribution in [1.29, 1.82) is 0 Å². The molecule has 0 spiro atoms. The van der Waals surface area contributed by atoms with Gasteiger partial charge in [0, 0.05) is 19.0 Å². The van der Waals surface area contributed by atoms with E-state index in [0.717, 1.165) is 6.54 Å². The molecule has 1 aromatic carbocycles. The summed E-state index contributed by atoms with van der Waals surface area (Å²) in [6.07, 6.45) is 0.277. The van der Waals surface area contributed by atoms with E-state index < -0.39 is 5.97 Å². The summed E-state index contributed by atoms with van der Waals surface area (Å²) in [5, 5.41) is 6.26. The Hall–Kier alpha value is -1.63. The number of methoxy groups -OCH3 is 1. The molecule has 0 saturated carbocycles. The van der Waals surface area contributed by atoms with Crippen molar-refractivity contribution in [1.82, 2.24) is 5.32 Å². The van der Waals surface area contributed by atoms with E-state index in [1.807, 2.05) is 0 Å². The maximum Gasteiger partial charge on any atom is 0.337 e. The second-order valence-electron chi connectivity index (χ2n) is 4.66. The number of hydrogen-bond acceptors (Lipinski definition) is 5. The summed E-state index contributed by atoms with van der Waals surface area (Å²) in [6.45, 7) is 1.89. The molecule has 1 saturated heterocycles. The lowest BCUT2D eigenvalue weighted by Crippen LogP contribution is -2.43. The number of anilines is 1. The smallest absolute Gasteiger partial charge is 0.337 e. The lowest BCUT2D eigenvalue weighted by atomic mass is 10.1. The average molecular weight is 313 g/mol. The largest absolute Gasteiger partial charge is 0.465 e.